The molecule has 0 radical (unpaired) electrons. The fraction of sp³-hybridized carbons (Fsp3) is 0.355. The van der Waals surface area contributed by atoms with Gasteiger partial charge in [-0.05, 0) is 66.6 Å². The molecule has 2 amide bonds. The maximum atomic E-state index is 14.2. The van der Waals surface area contributed by atoms with Crippen LogP contribution >= 0.6 is 34.8 Å². The summed E-state index contributed by atoms with van der Waals surface area (Å²) in [4.78, 5) is 31.8. The second-order valence-corrected chi connectivity index (χ2v) is 12.0. The standard InChI is InChI=1S/C31H31Cl3FN3O3/c1-36(19-20-4-3-5-22(32)16-20)29(39)24(21-6-8-26(33)27(34)17-21)10-13-38-14-11-31(12-15-38)25-18-23(35)7-9-28(25)37(2)30(40)41-31/h3-9,16-18,24H,10-15,19H2,1-2H3. The average Bonchev–Trinajstić information content (AvgIpc) is 2.94. The van der Waals surface area contributed by atoms with E-state index in [1.54, 1.807) is 43.3 Å². The van der Waals surface area contributed by atoms with Crippen LogP contribution < -0.4 is 4.90 Å². The van der Waals surface area contributed by atoms with E-state index in [9.17, 15) is 14.0 Å². The summed E-state index contributed by atoms with van der Waals surface area (Å²) in [6.45, 7) is 2.32. The van der Waals surface area contributed by atoms with Gasteiger partial charge >= 0.3 is 6.09 Å². The third kappa shape index (κ3) is 6.33. The Morgan fingerprint density at radius 2 is 1.80 bits per heavy atom. The lowest BCUT2D eigenvalue weighted by Crippen LogP contribution is -2.51. The van der Waals surface area contributed by atoms with Crippen molar-refractivity contribution in [3.05, 3.63) is 98.2 Å². The summed E-state index contributed by atoms with van der Waals surface area (Å²) in [6, 6.07) is 17.2. The van der Waals surface area contributed by atoms with E-state index in [2.05, 4.69) is 4.90 Å². The van der Waals surface area contributed by atoms with Gasteiger partial charge in [0.15, 0.2) is 0 Å². The first-order chi connectivity index (χ1) is 19.6. The second-order valence-electron chi connectivity index (χ2n) is 10.8. The van der Waals surface area contributed by atoms with Crippen molar-refractivity contribution in [3.8, 4) is 0 Å². The van der Waals surface area contributed by atoms with Crippen LogP contribution in [0.1, 0.15) is 41.9 Å². The summed E-state index contributed by atoms with van der Waals surface area (Å²) >= 11 is 18.7. The number of amides is 2. The zero-order valence-electron chi connectivity index (χ0n) is 22.9. The topological polar surface area (TPSA) is 53.1 Å². The number of piperidine rings is 1. The van der Waals surface area contributed by atoms with Gasteiger partial charge < -0.3 is 14.5 Å². The third-order valence-electron chi connectivity index (χ3n) is 8.09. The third-order valence-corrected chi connectivity index (χ3v) is 9.07. The molecule has 10 heteroatoms. The van der Waals surface area contributed by atoms with E-state index in [1.165, 1.54) is 17.0 Å². The van der Waals surface area contributed by atoms with Crippen LogP contribution in [0.2, 0.25) is 15.1 Å². The SMILES string of the molecule is CN(Cc1cccc(Cl)c1)C(=O)C(CCN1CCC2(CC1)OC(=O)N(C)c1ccc(F)cc12)c1ccc(Cl)c(Cl)c1. The highest BCUT2D eigenvalue weighted by Gasteiger charge is 2.46. The Kier molecular flexibility index (Phi) is 8.81. The van der Waals surface area contributed by atoms with Crippen LogP contribution in [0.3, 0.4) is 0 Å². The molecule has 1 fully saturated rings. The molecule has 1 atom stereocenters. The molecule has 5 rings (SSSR count). The number of hydrogen-bond acceptors (Lipinski definition) is 4. The number of halogens is 4. The summed E-state index contributed by atoms with van der Waals surface area (Å²) < 4.78 is 20.1. The minimum absolute atomic E-state index is 0.0366. The van der Waals surface area contributed by atoms with E-state index in [1.807, 2.05) is 24.3 Å². The molecule has 1 saturated heterocycles. The average molecular weight is 619 g/mol. The molecule has 0 saturated carbocycles. The van der Waals surface area contributed by atoms with Crippen molar-refractivity contribution in [2.24, 2.45) is 0 Å². The van der Waals surface area contributed by atoms with Crippen LogP contribution in [0.5, 0.6) is 0 Å². The first kappa shape index (κ1) is 29.6. The van der Waals surface area contributed by atoms with Gasteiger partial charge in [-0.1, -0.05) is 53.0 Å². The van der Waals surface area contributed by atoms with Crippen molar-refractivity contribution in [1.29, 1.82) is 0 Å². The highest BCUT2D eigenvalue weighted by Crippen LogP contribution is 2.45. The van der Waals surface area contributed by atoms with Gasteiger partial charge in [-0.15, -0.1) is 0 Å². The van der Waals surface area contributed by atoms with Crippen LogP contribution in [0.4, 0.5) is 14.9 Å². The van der Waals surface area contributed by atoms with Gasteiger partial charge in [0.25, 0.3) is 0 Å². The van der Waals surface area contributed by atoms with Gasteiger partial charge in [0.1, 0.15) is 11.4 Å². The van der Waals surface area contributed by atoms with Gasteiger partial charge in [-0.3, -0.25) is 9.69 Å². The number of carbonyl (C=O) groups excluding carboxylic acids is 2. The van der Waals surface area contributed by atoms with E-state index in [0.717, 1.165) is 11.1 Å². The van der Waals surface area contributed by atoms with Crippen molar-refractivity contribution in [3.63, 3.8) is 0 Å². The minimum Gasteiger partial charge on any atom is -0.437 e. The largest absolute Gasteiger partial charge is 0.437 e. The van der Waals surface area contributed by atoms with E-state index in [-0.39, 0.29) is 11.7 Å². The number of carbonyl (C=O) groups is 2. The molecule has 1 spiro atoms. The Balaban J connectivity index is 1.30. The van der Waals surface area contributed by atoms with Crippen molar-refractivity contribution < 1.29 is 18.7 Å². The van der Waals surface area contributed by atoms with Crippen molar-refractivity contribution in [2.45, 2.75) is 37.3 Å². The number of nitrogens with zero attached hydrogens (tertiary/aromatic N) is 3. The van der Waals surface area contributed by atoms with Crippen molar-refractivity contribution >= 4 is 52.5 Å². The molecule has 2 heterocycles. The molecule has 2 aliphatic heterocycles. The van der Waals surface area contributed by atoms with E-state index >= 15 is 0 Å². The number of benzene rings is 3. The number of rotatable bonds is 7. The van der Waals surface area contributed by atoms with Gasteiger partial charge in [0.2, 0.25) is 5.91 Å². The van der Waals surface area contributed by atoms with Gasteiger partial charge in [-0.25, -0.2) is 9.18 Å². The molecule has 0 bridgehead atoms. The molecule has 2 aliphatic rings. The number of likely N-dealkylation sites (N-methyl/N-ethyl adjacent to an activating group) is 1. The van der Waals surface area contributed by atoms with Crippen molar-refractivity contribution in [1.82, 2.24) is 9.80 Å². The lowest BCUT2D eigenvalue weighted by Gasteiger charge is -2.46. The number of ether oxygens (including phenoxy) is 1. The maximum Gasteiger partial charge on any atom is 0.414 e. The van der Waals surface area contributed by atoms with Crippen LogP contribution in [0.15, 0.2) is 60.7 Å². The number of fused-ring (bicyclic) bond motifs is 2. The Hall–Kier alpha value is -2.84. The molecule has 41 heavy (non-hydrogen) atoms. The molecule has 0 aromatic heterocycles. The summed E-state index contributed by atoms with van der Waals surface area (Å²) in [5, 5.41) is 1.45. The Morgan fingerprint density at radius 1 is 1.05 bits per heavy atom. The fourth-order valence-electron chi connectivity index (χ4n) is 5.79. The lowest BCUT2D eigenvalue weighted by molar-refractivity contribution is -0.132. The minimum atomic E-state index is -0.867. The maximum absolute atomic E-state index is 14.2. The first-order valence-electron chi connectivity index (χ1n) is 13.5. The molecule has 0 N–H and O–H groups in total. The summed E-state index contributed by atoms with van der Waals surface area (Å²) in [6.07, 6.45) is 1.18. The molecule has 216 valence electrons. The van der Waals surface area contributed by atoms with Crippen LogP contribution in [0, 0.1) is 5.82 Å². The van der Waals surface area contributed by atoms with E-state index in [0.29, 0.717) is 71.8 Å². The normalized spacial score (nSPS) is 17.2. The second kappa shape index (κ2) is 12.2. The quantitative estimate of drug-likeness (QED) is 0.275. The van der Waals surface area contributed by atoms with Crippen LogP contribution in [-0.4, -0.2) is 55.5 Å². The highest BCUT2D eigenvalue weighted by molar-refractivity contribution is 6.42. The van der Waals surface area contributed by atoms with Gasteiger partial charge in [0, 0.05) is 57.2 Å². The first-order valence-corrected chi connectivity index (χ1v) is 14.6. The van der Waals surface area contributed by atoms with Crippen molar-refractivity contribution in [2.75, 3.05) is 38.6 Å². The van der Waals surface area contributed by atoms with Crippen LogP contribution in [0.25, 0.3) is 0 Å². The predicted octanol–water partition coefficient (Wildman–Crippen LogP) is 7.50. The molecule has 0 aliphatic carbocycles. The number of anilines is 1. The predicted molar refractivity (Wildman–Crippen MR) is 160 cm³/mol. The Morgan fingerprint density at radius 3 is 2.51 bits per heavy atom. The van der Waals surface area contributed by atoms with E-state index < -0.39 is 17.6 Å². The lowest BCUT2D eigenvalue weighted by atomic mass is 9.81. The Bertz CT molecular complexity index is 1460. The Labute approximate surface area is 254 Å². The monoisotopic (exact) mass is 617 g/mol. The van der Waals surface area contributed by atoms with E-state index in [4.69, 9.17) is 39.5 Å². The molecule has 3 aromatic carbocycles. The van der Waals surface area contributed by atoms with Crippen LogP contribution in [-0.2, 0) is 21.7 Å². The smallest absolute Gasteiger partial charge is 0.414 e. The zero-order valence-corrected chi connectivity index (χ0v) is 25.1. The highest BCUT2D eigenvalue weighted by atomic mass is 35.5. The van der Waals surface area contributed by atoms with Gasteiger partial charge in [0.05, 0.1) is 21.7 Å². The summed E-state index contributed by atoms with van der Waals surface area (Å²) in [5.74, 6) is -0.840. The fourth-order valence-corrected chi connectivity index (χ4v) is 6.31. The summed E-state index contributed by atoms with van der Waals surface area (Å²) in [7, 11) is 3.41. The number of hydrogen-bond donors (Lipinski definition) is 0. The zero-order chi connectivity index (χ0) is 29.3. The molecule has 3 aromatic rings. The molecule has 6 nitrogen and oxygen atoms in total. The number of likely N-dealkylation sites (tertiary alicyclic amines) is 1. The molecule has 1 unspecified atom stereocenters. The molecular formula is C31H31Cl3FN3O3. The summed E-state index contributed by atoms with van der Waals surface area (Å²) in [5.41, 5.74) is 2.24. The van der Waals surface area contributed by atoms with Gasteiger partial charge in [-0.2, -0.15) is 0 Å². The molecular weight excluding hydrogens is 588 g/mol.